The molecule has 34 heavy (non-hydrogen) atoms. The Morgan fingerprint density at radius 2 is 1.71 bits per heavy atom. The molecule has 5 rings (SSSR count). The van der Waals surface area contributed by atoms with Gasteiger partial charge in [-0.3, -0.25) is 14.5 Å². The first-order valence-corrected chi connectivity index (χ1v) is 12.5. The number of halogens is 2. The first-order valence-electron chi connectivity index (χ1n) is 10.2. The zero-order valence-electron chi connectivity index (χ0n) is 17.5. The van der Waals surface area contributed by atoms with Crippen LogP contribution in [0.4, 0.5) is 14.5 Å². The smallest absolute Gasteiger partial charge is 0.264 e. The Morgan fingerprint density at radius 3 is 2.50 bits per heavy atom. The first-order chi connectivity index (χ1) is 16.3. The van der Waals surface area contributed by atoms with E-state index in [0.29, 0.717) is 24.6 Å². The van der Waals surface area contributed by atoms with Gasteiger partial charge >= 0.3 is 0 Å². The number of anilines is 1. The lowest BCUT2D eigenvalue weighted by Crippen LogP contribution is -2.30. The van der Waals surface area contributed by atoms with Gasteiger partial charge in [-0.15, -0.1) is 11.3 Å². The highest BCUT2D eigenvalue weighted by Gasteiger charge is 2.20. The Morgan fingerprint density at radius 1 is 0.912 bits per heavy atom. The van der Waals surface area contributed by atoms with Crippen LogP contribution in [0.1, 0.15) is 11.1 Å². The second-order valence-electron chi connectivity index (χ2n) is 7.74. The van der Waals surface area contributed by atoms with Crippen molar-refractivity contribution < 1.29 is 22.0 Å². The molecule has 0 bridgehead atoms. The van der Waals surface area contributed by atoms with Crippen LogP contribution in [0.5, 0.6) is 0 Å². The van der Waals surface area contributed by atoms with Crippen molar-refractivity contribution >= 4 is 33.0 Å². The molecule has 0 radical (unpaired) electrons. The van der Waals surface area contributed by atoms with E-state index >= 15 is 0 Å². The minimum absolute atomic E-state index is 0.00220. The molecule has 2 N–H and O–H groups in total. The Kier molecular flexibility index (Phi) is 5.62. The van der Waals surface area contributed by atoms with E-state index in [1.165, 1.54) is 17.5 Å². The van der Waals surface area contributed by atoms with Gasteiger partial charge in [0, 0.05) is 34.1 Å². The standard InChI is InChI=1S/C24H17F2N3O3S2/c25-18-3-6-23(20(26)10-18)34(31,32)29-19-8-17(11-27-13-19)22-5-4-21(33-22)14-1-2-15-12-28-24(30)9-16(15)7-14/h1-8,10-11,13,29H,9,12H2,(H,28,30). The lowest BCUT2D eigenvalue weighted by Gasteiger charge is -2.17. The number of nitrogens with zero attached hydrogens (tertiary/aromatic N) is 1. The second kappa shape index (κ2) is 8.62. The molecule has 0 spiro atoms. The van der Waals surface area contributed by atoms with Crippen LogP contribution in [0.3, 0.4) is 0 Å². The van der Waals surface area contributed by atoms with Crippen LogP contribution in [0.25, 0.3) is 20.9 Å². The zero-order chi connectivity index (χ0) is 23.9. The summed E-state index contributed by atoms with van der Waals surface area (Å²) in [6.07, 6.45) is 3.26. The number of nitrogens with one attached hydrogen (secondary N) is 2. The van der Waals surface area contributed by atoms with Crippen LogP contribution < -0.4 is 10.0 Å². The van der Waals surface area contributed by atoms with Gasteiger partial charge in [-0.2, -0.15) is 0 Å². The molecule has 2 aromatic heterocycles. The molecular weight excluding hydrogens is 480 g/mol. The van der Waals surface area contributed by atoms with Gasteiger partial charge in [0.2, 0.25) is 5.91 Å². The molecule has 3 heterocycles. The number of hydrogen-bond donors (Lipinski definition) is 2. The third-order valence-corrected chi connectivity index (χ3v) is 7.98. The zero-order valence-corrected chi connectivity index (χ0v) is 19.1. The average Bonchev–Trinajstić information content (AvgIpc) is 3.28. The summed E-state index contributed by atoms with van der Waals surface area (Å²) in [5, 5.41) is 2.83. The van der Waals surface area contributed by atoms with E-state index in [9.17, 15) is 22.0 Å². The van der Waals surface area contributed by atoms with E-state index in [4.69, 9.17) is 0 Å². The van der Waals surface area contributed by atoms with Crippen molar-refractivity contribution in [3.8, 4) is 20.9 Å². The number of benzene rings is 2. The summed E-state index contributed by atoms with van der Waals surface area (Å²) in [4.78, 5) is 17.0. The third kappa shape index (κ3) is 4.42. The quantitative estimate of drug-likeness (QED) is 0.417. The van der Waals surface area contributed by atoms with Crippen molar-refractivity contribution in [1.29, 1.82) is 0 Å². The SMILES string of the molecule is O=C1Cc2cc(-c3ccc(-c4cncc(NS(=O)(=O)c5ccc(F)cc5F)c4)s3)ccc2CN1. The van der Waals surface area contributed by atoms with Gasteiger partial charge in [0.15, 0.2) is 0 Å². The highest BCUT2D eigenvalue weighted by molar-refractivity contribution is 7.92. The Bertz CT molecular complexity index is 1530. The summed E-state index contributed by atoms with van der Waals surface area (Å²) in [5.74, 6) is -2.04. The van der Waals surface area contributed by atoms with Crippen LogP contribution in [0.2, 0.25) is 0 Å². The molecule has 0 atom stereocenters. The summed E-state index contributed by atoms with van der Waals surface area (Å²) < 4.78 is 54.6. The molecular formula is C24H17F2N3O3S2. The molecule has 4 aromatic rings. The minimum Gasteiger partial charge on any atom is -0.352 e. The molecule has 2 aromatic carbocycles. The van der Waals surface area contributed by atoms with Crippen LogP contribution in [-0.2, 0) is 27.8 Å². The molecule has 10 heteroatoms. The van der Waals surface area contributed by atoms with Gasteiger partial charge in [0.1, 0.15) is 16.5 Å². The summed E-state index contributed by atoms with van der Waals surface area (Å²) in [6, 6.07) is 13.8. The van der Waals surface area contributed by atoms with Crippen molar-refractivity contribution in [2.75, 3.05) is 4.72 Å². The first kappa shape index (κ1) is 22.2. The van der Waals surface area contributed by atoms with Gasteiger partial charge < -0.3 is 5.32 Å². The molecule has 172 valence electrons. The number of fused-ring (bicyclic) bond motifs is 1. The Hall–Kier alpha value is -3.63. The Labute approximate surface area is 198 Å². The number of pyridine rings is 1. The topological polar surface area (TPSA) is 88.2 Å². The van der Waals surface area contributed by atoms with Crippen molar-refractivity contribution in [2.45, 2.75) is 17.9 Å². The number of carbonyl (C=O) groups excluding carboxylic acids is 1. The van der Waals surface area contributed by atoms with Crippen molar-refractivity contribution in [2.24, 2.45) is 0 Å². The fourth-order valence-electron chi connectivity index (χ4n) is 3.73. The summed E-state index contributed by atoms with van der Waals surface area (Å²) in [7, 11) is -4.27. The molecule has 6 nitrogen and oxygen atoms in total. The maximum absolute atomic E-state index is 14.0. The molecule has 1 aliphatic rings. The van der Waals surface area contributed by atoms with Crippen molar-refractivity contribution in [3.63, 3.8) is 0 Å². The van der Waals surface area contributed by atoms with Crippen LogP contribution in [0.15, 0.2) is 71.9 Å². The average molecular weight is 498 g/mol. The van der Waals surface area contributed by atoms with Gasteiger partial charge in [-0.1, -0.05) is 12.1 Å². The predicted molar refractivity (Wildman–Crippen MR) is 126 cm³/mol. The number of hydrogen-bond acceptors (Lipinski definition) is 5. The van der Waals surface area contributed by atoms with Crippen LogP contribution in [0, 0.1) is 11.6 Å². The van der Waals surface area contributed by atoms with E-state index in [0.717, 1.165) is 38.6 Å². The van der Waals surface area contributed by atoms with Crippen molar-refractivity contribution in [3.05, 3.63) is 89.8 Å². The summed E-state index contributed by atoms with van der Waals surface area (Å²) in [6.45, 7) is 0.528. The van der Waals surface area contributed by atoms with Gasteiger partial charge in [0.05, 0.1) is 18.3 Å². The van der Waals surface area contributed by atoms with Crippen LogP contribution in [-0.4, -0.2) is 19.3 Å². The molecule has 0 saturated carbocycles. The molecule has 1 aliphatic heterocycles. The maximum atomic E-state index is 14.0. The maximum Gasteiger partial charge on any atom is 0.264 e. The van der Waals surface area contributed by atoms with E-state index in [-0.39, 0.29) is 11.6 Å². The fraction of sp³-hybridized carbons (Fsp3) is 0.0833. The van der Waals surface area contributed by atoms with Crippen LogP contribution >= 0.6 is 11.3 Å². The van der Waals surface area contributed by atoms with E-state index in [1.807, 2.05) is 30.3 Å². The molecule has 0 unspecified atom stereocenters. The predicted octanol–water partition coefficient (Wildman–Crippen LogP) is 4.73. The van der Waals surface area contributed by atoms with E-state index in [1.54, 1.807) is 12.3 Å². The Balaban J connectivity index is 1.40. The summed E-state index contributed by atoms with van der Waals surface area (Å²) in [5.41, 5.74) is 3.91. The number of sulfonamides is 1. The molecule has 1 amide bonds. The molecule has 0 saturated heterocycles. The largest absolute Gasteiger partial charge is 0.352 e. The third-order valence-electron chi connectivity index (χ3n) is 5.38. The lowest BCUT2D eigenvalue weighted by molar-refractivity contribution is -0.121. The normalized spacial score (nSPS) is 13.3. The number of thiophene rings is 1. The molecule has 0 fully saturated rings. The monoisotopic (exact) mass is 497 g/mol. The number of carbonyl (C=O) groups is 1. The van der Waals surface area contributed by atoms with E-state index < -0.39 is 26.6 Å². The summed E-state index contributed by atoms with van der Waals surface area (Å²) >= 11 is 1.50. The number of rotatable bonds is 5. The van der Waals surface area contributed by atoms with Gasteiger partial charge in [-0.05, 0) is 53.1 Å². The minimum atomic E-state index is -4.27. The van der Waals surface area contributed by atoms with Gasteiger partial charge in [0.25, 0.3) is 10.0 Å². The van der Waals surface area contributed by atoms with Gasteiger partial charge in [-0.25, -0.2) is 17.2 Å². The van der Waals surface area contributed by atoms with E-state index in [2.05, 4.69) is 15.0 Å². The second-order valence-corrected chi connectivity index (χ2v) is 10.5. The lowest BCUT2D eigenvalue weighted by atomic mass is 9.97. The highest BCUT2D eigenvalue weighted by atomic mass is 32.2. The highest BCUT2D eigenvalue weighted by Crippen LogP contribution is 2.36. The number of amides is 1. The fourth-order valence-corrected chi connectivity index (χ4v) is 5.81. The molecule has 0 aliphatic carbocycles. The number of aromatic nitrogens is 1. The van der Waals surface area contributed by atoms with Crippen molar-refractivity contribution in [1.82, 2.24) is 10.3 Å².